The number of amides is 1. The fourth-order valence-electron chi connectivity index (χ4n) is 3.36. The molecule has 0 aromatic heterocycles. The average Bonchev–Trinajstić information content (AvgIpc) is 2.54. The minimum atomic E-state index is -0.463. The lowest BCUT2D eigenvalue weighted by Crippen LogP contribution is -2.47. The molecule has 1 aromatic rings. The van der Waals surface area contributed by atoms with Crippen molar-refractivity contribution < 1.29 is 14.3 Å². The Kier molecular flexibility index (Phi) is 5.75. The van der Waals surface area contributed by atoms with Gasteiger partial charge in [0.25, 0.3) is 0 Å². The maximum absolute atomic E-state index is 12.3. The molecule has 5 heteroatoms. The summed E-state index contributed by atoms with van der Waals surface area (Å²) in [6, 6.07) is 8.21. The maximum atomic E-state index is 12.3. The Hall–Kier alpha value is -1.75. The summed E-state index contributed by atoms with van der Waals surface area (Å²) in [7, 11) is 1.68. The average molecular weight is 334 g/mol. The smallest absolute Gasteiger partial charge is 0.410 e. The van der Waals surface area contributed by atoms with E-state index in [-0.39, 0.29) is 11.5 Å². The standard InChI is InChI=1S/C19H30N2O3/c1-18(2,3)24-17(22)21-12-9-19(8-11-20,10-13-21)15-6-5-7-16(14-15)23-4/h5-7,14H,8-13,20H2,1-4H3. The van der Waals surface area contributed by atoms with Crippen LogP contribution in [0.1, 0.15) is 45.6 Å². The van der Waals surface area contributed by atoms with Gasteiger partial charge in [0, 0.05) is 13.1 Å². The van der Waals surface area contributed by atoms with Gasteiger partial charge in [0.15, 0.2) is 0 Å². The topological polar surface area (TPSA) is 64.8 Å². The number of hydrogen-bond acceptors (Lipinski definition) is 4. The molecular formula is C19H30N2O3. The second-order valence-electron chi connectivity index (χ2n) is 7.52. The van der Waals surface area contributed by atoms with E-state index in [1.54, 1.807) is 12.0 Å². The minimum Gasteiger partial charge on any atom is -0.497 e. The van der Waals surface area contributed by atoms with Gasteiger partial charge in [-0.05, 0) is 69.7 Å². The first-order valence-electron chi connectivity index (χ1n) is 8.62. The fourth-order valence-corrected chi connectivity index (χ4v) is 3.36. The molecule has 0 radical (unpaired) electrons. The first kappa shape index (κ1) is 18.6. The molecule has 1 aromatic carbocycles. The lowest BCUT2D eigenvalue weighted by atomic mass is 9.70. The number of carbonyl (C=O) groups excluding carboxylic acids is 1. The van der Waals surface area contributed by atoms with Gasteiger partial charge in [-0.25, -0.2) is 4.79 Å². The molecule has 0 unspecified atom stereocenters. The van der Waals surface area contributed by atoms with Crippen LogP contribution in [0.15, 0.2) is 24.3 Å². The Balaban J connectivity index is 2.12. The highest BCUT2D eigenvalue weighted by molar-refractivity contribution is 5.68. The number of methoxy groups -OCH3 is 1. The number of likely N-dealkylation sites (tertiary alicyclic amines) is 1. The highest BCUT2D eigenvalue weighted by Crippen LogP contribution is 2.39. The van der Waals surface area contributed by atoms with Crippen molar-refractivity contribution in [3.05, 3.63) is 29.8 Å². The maximum Gasteiger partial charge on any atom is 0.410 e. The van der Waals surface area contributed by atoms with E-state index in [1.807, 2.05) is 32.9 Å². The molecular weight excluding hydrogens is 304 g/mol. The number of benzene rings is 1. The largest absolute Gasteiger partial charge is 0.497 e. The molecule has 1 aliphatic heterocycles. The van der Waals surface area contributed by atoms with Crippen LogP contribution >= 0.6 is 0 Å². The molecule has 1 aliphatic rings. The quantitative estimate of drug-likeness (QED) is 0.917. The van der Waals surface area contributed by atoms with Gasteiger partial charge >= 0.3 is 6.09 Å². The van der Waals surface area contributed by atoms with Crippen molar-refractivity contribution in [3.63, 3.8) is 0 Å². The summed E-state index contributed by atoms with van der Waals surface area (Å²) in [4.78, 5) is 14.1. The molecule has 0 atom stereocenters. The van der Waals surface area contributed by atoms with Gasteiger partial charge in [-0.1, -0.05) is 12.1 Å². The van der Waals surface area contributed by atoms with Crippen LogP contribution < -0.4 is 10.5 Å². The number of hydrogen-bond donors (Lipinski definition) is 1. The molecule has 1 fully saturated rings. The first-order chi connectivity index (χ1) is 11.3. The van der Waals surface area contributed by atoms with E-state index in [1.165, 1.54) is 5.56 Å². The number of carbonyl (C=O) groups is 1. The van der Waals surface area contributed by atoms with Crippen LogP contribution in [0.5, 0.6) is 5.75 Å². The molecule has 24 heavy (non-hydrogen) atoms. The first-order valence-corrected chi connectivity index (χ1v) is 8.62. The third kappa shape index (κ3) is 4.41. The monoisotopic (exact) mass is 334 g/mol. The van der Waals surface area contributed by atoms with E-state index >= 15 is 0 Å². The normalized spacial score (nSPS) is 17.5. The Morgan fingerprint density at radius 3 is 2.50 bits per heavy atom. The van der Waals surface area contributed by atoms with Gasteiger partial charge in [-0.3, -0.25) is 0 Å². The zero-order valence-electron chi connectivity index (χ0n) is 15.3. The van der Waals surface area contributed by atoms with E-state index in [0.717, 1.165) is 25.0 Å². The van der Waals surface area contributed by atoms with Gasteiger partial charge in [0.05, 0.1) is 7.11 Å². The molecule has 2 N–H and O–H groups in total. The molecule has 1 heterocycles. The summed E-state index contributed by atoms with van der Waals surface area (Å²) < 4.78 is 10.9. The third-order valence-corrected chi connectivity index (χ3v) is 4.68. The van der Waals surface area contributed by atoms with E-state index in [9.17, 15) is 4.79 Å². The number of piperidine rings is 1. The van der Waals surface area contributed by atoms with Gasteiger partial charge in [-0.2, -0.15) is 0 Å². The number of rotatable bonds is 4. The Labute approximate surface area is 145 Å². The number of ether oxygens (including phenoxy) is 2. The minimum absolute atomic E-state index is 0.00179. The van der Waals surface area contributed by atoms with Crippen LogP contribution in [0.25, 0.3) is 0 Å². The van der Waals surface area contributed by atoms with Gasteiger partial charge in [0.2, 0.25) is 0 Å². The Bertz CT molecular complexity index is 558. The third-order valence-electron chi connectivity index (χ3n) is 4.68. The van der Waals surface area contributed by atoms with Gasteiger partial charge in [-0.15, -0.1) is 0 Å². The second kappa shape index (κ2) is 7.43. The summed E-state index contributed by atoms with van der Waals surface area (Å²) in [5.74, 6) is 0.860. The van der Waals surface area contributed by atoms with Crippen LogP contribution in [0.4, 0.5) is 4.79 Å². The molecule has 0 aliphatic carbocycles. The van der Waals surface area contributed by atoms with Crippen LogP contribution in [-0.2, 0) is 10.2 Å². The summed E-state index contributed by atoms with van der Waals surface area (Å²) in [5.41, 5.74) is 6.68. The fraction of sp³-hybridized carbons (Fsp3) is 0.632. The summed E-state index contributed by atoms with van der Waals surface area (Å²) in [6.45, 7) is 7.68. The molecule has 1 amide bonds. The highest BCUT2D eigenvalue weighted by atomic mass is 16.6. The molecule has 2 rings (SSSR count). The zero-order valence-corrected chi connectivity index (χ0v) is 15.3. The molecule has 134 valence electrons. The van der Waals surface area contributed by atoms with Crippen LogP contribution in [0.3, 0.4) is 0 Å². The second-order valence-corrected chi connectivity index (χ2v) is 7.52. The van der Waals surface area contributed by atoms with Crippen molar-refractivity contribution in [1.29, 1.82) is 0 Å². The summed E-state index contributed by atoms with van der Waals surface area (Å²) >= 11 is 0. The zero-order chi connectivity index (χ0) is 17.8. The predicted molar refractivity (Wildman–Crippen MR) is 95.4 cm³/mol. The van der Waals surface area contributed by atoms with Crippen LogP contribution in [0, 0.1) is 0 Å². The van der Waals surface area contributed by atoms with Gasteiger partial charge in [0.1, 0.15) is 11.4 Å². The Morgan fingerprint density at radius 1 is 1.29 bits per heavy atom. The molecule has 0 spiro atoms. The lowest BCUT2D eigenvalue weighted by molar-refractivity contribution is 0.0160. The van der Waals surface area contributed by atoms with E-state index < -0.39 is 5.60 Å². The highest BCUT2D eigenvalue weighted by Gasteiger charge is 2.38. The van der Waals surface area contributed by atoms with Gasteiger partial charge < -0.3 is 20.1 Å². The van der Waals surface area contributed by atoms with Crippen molar-refractivity contribution in [2.45, 2.75) is 51.0 Å². The molecule has 5 nitrogen and oxygen atoms in total. The predicted octanol–water partition coefficient (Wildman–Crippen LogP) is 3.31. The van der Waals surface area contributed by atoms with Crippen molar-refractivity contribution >= 4 is 6.09 Å². The molecule has 1 saturated heterocycles. The van der Waals surface area contributed by atoms with Crippen molar-refractivity contribution in [3.8, 4) is 5.75 Å². The Morgan fingerprint density at radius 2 is 1.96 bits per heavy atom. The van der Waals surface area contributed by atoms with Crippen LogP contribution in [0.2, 0.25) is 0 Å². The SMILES string of the molecule is COc1cccc(C2(CCN)CCN(C(=O)OC(C)(C)C)CC2)c1. The van der Waals surface area contributed by atoms with Crippen molar-refractivity contribution in [2.75, 3.05) is 26.7 Å². The summed E-state index contributed by atoms with van der Waals surface area (Å²) in [6.07, 6.45) is 2.45. The van der Waals surface area contributed by atoms with Crippen LogP contribution in [-0.4, -0.2) is 43.3 Å². The van der Waals surface area contributed by atoms with E-state index in [2.05, 4.69) is 12.1 Å². The van der Waals surface area contributed by atoms with Crippen molar-refractivity contribution in [1.82, 2.24) is 4.90 Å². The van der Waals surface area contributed by atoms with Crippen molar-refractivity contribution in [2.24, 2.45) is 5.73 Å². The van der Waals surface area contributed by atoms with E-state index in [4.69, 9.17) is 15.2 Å². The number of nitrogens with two attached hydrogens (primary N) is 1. The van der Waals surface area contributed by atoms with E-state index in [0.29, 0.717) is 19.6 Å². The molecule has 0 bridgehead atoms. The summed E-state index contributed by atoms with van der Waals surface area (Å²) in [5, 5.41) is 0. The number of nitrogens with zero attached hydrogens (tertiary/aromatic N) is 1. The molecule has 0 saturated carbocycles. The lowest BCUT2D eigenvalue weighted by Gasteiger charge is -2.42.